The quantitative estimate of drug-likeness (QED) is 0.659. The summed E-state index contributed by atoms with van der Waals surface area (Å²) in [6, 6.07) is 1.38. The van der Waals surface area contributed by atoms with Gasteiger partial charge in [-0.3, -0.25) is 0 Å². The lowest BCUT2D eigenvalue weighted by atomic mass is 9.94. The van der Waals surface area contributed by atoms with Gasteiger partial charge in [0.2, 0.25) is 0 Å². The van der Waals surface area contributed by atoms with E-state index in [1.807, 2.05) is 0 Å². The molecule has 24 heavy (non-hydrogen) atoms. The third-order valence-electron chi connectivity index (χ3n) is 3.77. The zero-order valence-corrected chi connectivity index (χ0v) is 13.6. The summed E-state index contributed by atoms with van der Waals surface area (Å²) in [7, 11) is 2.94. The largest absolute Gasteiger partial charge is 0.460 e. The maximum absolute atomic E-state index is 14.1. The van der Waals surface area contributed by atoms with Crippen LogP contribution >= 0.6 is 0 Å². The predicted octanol–water partition coefficient (Wildman–Crippen LogP) is 2.12. The van der Waals surface area contributed by atoms with E-state index < -0.39 is 29.7 Å². The number of ether oxygens (including phenoxy) is 2. The molecule has 6 nitrogen and oxygen atoms in total. The summed E-state index contributed by atoms with van der Waals surface area (Å²) in [5.74, 6) is -2.31. The summed E-state index contributed by atoms with van der Waals surface area (Å²) in [6.07, 6.45) is 0. The van der Waals surface area contributed by atoms with Gasteiger partial charge in [0.1, 0.15) is 18.2 Å². The molecule has 1 N–H and O–H groups in total. The van der Waals surface area contributed by atoms with Gasteiger partial charge < -0.3 is 19.7 Å². The molecule has 1 aliphatic heterocycles. The molecule has 1 atom stereocenters. The van der Waals surface area contributed by atoms with E-state index in [0.717, 1.165) is 6.07 Å². The first-order valence-electron chi connectivity index (χ1n) is 7.22. The molecule has 0 saturated heterocycles. The second kappa shape index (κ2) is 7.39. The van der Waals surface area contributed by atoms with Crippen molar-refractivity contribution in [3.8, 4) is 0 Å². The van der Waals surface area contributed by atoms with Crippen LogP contribution in [0.4, 0.5) is 13.6 Å². The number of nitrogens with one attached hydrogen (secondary N) is 1. The summed E-state index contributed by atoms with van der Waals surface area (Å²) in [6.45, 7) is 1.78. The fraction of sp³-hybridized carbons (Fsp3) is 0.375. The van der Waals surface area contributed by atoms with Crippen molar-refractivity contribution in [2.45, 2.75) is 13.0 Å². The highest BCUT2D eigenvalue weighted by atomic mass is 19.1. The number of carbonyl (C=O) groups excluding carboxylic acids is 2. The molecular weight excluding hydrogens is 322 g/mol. The molecule has 0 bridgehead atoms. The van der Waals surface area contributed by atoms with Gasteiger partial charge in [0, 0.05) is 31.5 Å². The first-order valence-corrected chi connectivity index (χ1v) is 7.22. The lowest BCUT2D eigenvalue weighted by molar-refractivity contribution is -0.140. The smallest absolute Gasteiger partial charge is 0.338 e. The second-order valence-electron chi connectivity index (χ2n) is 5.24. The maximum atomic E-state index is 14.1. The van der Waals surface area contributed by atoms with Crippen LogP contribution in [0.15, 0.2) is 29.5 Å². The Kier molecular flexibility index (Phi) is 5.50. The lowest BCUT2D eigenvalue weighted by Gasteiger charge is -2.33. The highest BCUT2D eigenvalue weighted by Gasteiger charge is 2.36. The fourth-order valence-corrected chi connectivity index (χ4v) is 2.36. The first kappa shape index (κ1) is 17.9. The monoisotopic (exact) mass is 340 g/mol. The van der Waals surface area contributed by atoms with Gasteiger partial charge in [0.05, 0.1) is 18.2 Å². The number of esters is 1. The van der Waals surface area contributed by atoms with Gasteiger partial charge in [-0.15, -0.1) is 0 Å². The summed E-state index contributed by atoms with van der Waals surface area (Å²) in [5.41, 5.74) is 0.393. The normalized spacial score (nSPS) is 17.8. The number of benzene rings is 1. The van der Waals surface area contributed by atoms with Crippen molar-refractivity contribution in [2.75, 3.05) is 27.4 Å². The van der Waals surface area contributed by atoms with E-state index in [9.17, 15) is 18.4 Å². The zero-order chi connectivity index (χ0) is 17.9. The number of halogens is 2. The van der Waals surface area contributed by atoms with Crippen molar-refractivity contribution >= 4 is 12.0 Å². The average Bonchev–Trinajstić information content (AvgIpc) is 2.52. The van der Waals surface area contributed by atoms with E-state index in [-0.39, 0.29) is 24.4 Å². The second-order valence-corrected chi connectivity index (χ2v) is 5.24. The molecule has 0 fully saturated rings. The van der Waals surface area contributed by atoms with Gasteiger partial charge in [-0.25, -0.2) is 18.4 Å². The molecule has 1 aromatic rings. The highest BCUT2D eigenvalue weighted by molar-refractivity contribution is 5.95. The third kappa shape index (κ3) is 3.53. The Labute approximate surface area is 138 Å². The Morgan fingerprint density at radius 3 is 2.67 bits per heavy atom. The fourth-order valence-electron chi connectivity index (χ4n) is 2.36. The molecule has 0 unspecified atom stereocenters. The highest BCUT2D eigenvalue weighted by Crippen LogP contribution is 2.32. The van der Waals surface area contributed by atoms with Crippen molar-refractivity contribution in [3.63, 3.8) is 0 Å². The zero-order valence-electron chi connectivity index (χ0n) is 13.6. The molecule has 1 aliphatic rings. The van der Waals surface area contributed by atoms with Crippen molar-refractivity contribution < 1.29 is 27.8 Å². The van der Waals surface area contributed by atoms with Crippen molar-refractivity contribution in [1.82, 2.24) is 10.2 Å². The predicted molar refractivity (Wildman–Crippen MR) is 80.9 cm³/mol. The minimum absolute atomic E-state index is 0.0163. The molecule has 130 valence electrons. The number of amides is 2. The standard InChI is InChI=1S/C16H18F2N2O4/c1-9-13(15(21)24-7-6-23-3)14(19-16(22)20(9)2)11-5-4-10(17)8-12(11)18/h4-5,8,14H,6-7H2,1-3H3,(H,19,22)/t14-/m1/s1. The molecular formula is C16H18F2N2O4. The Balaban J connectivity index is 2.43. The molecule has 0 spiro atoms. The number of carbonyl (C=O) groups is 2. The molecule has 2 rings (SSSR count). The minimum Gasteiger partial charge on any atom is -0.460 e. The molecule has 2 amide bonds. The molecule has 0 aliphatic carbocycles. The van der Waals surface area contributed by atoms with Crippen molar-refractivity contribution in [2.24, 2.45) is 0 Å². The van der Waals surface area contributed by atoms with Crippen LogP contribution in [-0.4, -0.2) is 44.3 Å². The molecule has 0 saturated carbocycles. The van der Waals surface area contributed by atoms with Crippen LogP contribution in [0.25, 0.3) is 0 Å². The van der Waals surface area contributed by atoms with Crippen LogP contribution in [0.1, 0.15) is 18.5 Å². The van der Waals surface area contributed by atoms with Gasteiger partial charge >= 0.3 is 12.0 Å². The number of urea groups is 1. The first-order chi connectivity index (χ1) is 11.4. The number of rotatable bonds is 5. The summed E-state index contributed by atoms with van der Waals surface area (Å²) in [5, 5.41) is 2.53. The van der Waals surface area contributed by atoms with Crippen LogP contribution in [0.2, 0.25) is 0 Å². The maximum Gasteiger partial charge on any atom is 0.338 e. The third-order valence-corrected chi connectivity index (χ3v) is 3.77. The van der Waals surface area contributed by atoms with Crippen LogP contribution in [-0.2, 0) is 14.3 Å². The topological polar surface area (TPSA) is 67.9 Å². The van der Waals surface area contributed by atoms with Gasteiger partial charge in [0.25, 0.3) is 0 Å². The molecule has 0 aromatic heterocycles. The van der Waals surface area contributed by atoms with Gasteiger partial charge in [0.15, 0.2) is 0 Å². The van der Waals surface area contributed by atoms with Gasteiger partial charge in [-0.2, -0.15) is 0 Å². The Bertz CT molecular complexity index is 691. The summed E-state index contributed by atoms with van der Waals surface area (Å²) in [4.78, 5) is 25.6. The number of nitrogens with zero attached hydrogens (tertiary/aromatic N) is 1. The average molecular weight is 340 g/mol. The van der Waals surface area contributed by atoms with E-state index in [2.05, 4.69) is 5.32 Å². The Morgan fingerprint density at radius 1 is 1.33 bits per heavy atom. The number of hydrogen-bond acceptors (Lipinski definition) is 4. The molecule has 1 heterocycles. The minimum atomic E-state index is -1.07. The molecule has 1 aromatic carbocycles. The van der Waals surface area contributed by atoms with Crippen LogP contribution in [0, 0.1) is 11.6 Å². The van der Waals surface area contributed by atoms with Gasteiger partial charge in [-0.05, 0) is 13.0 Å². The SMILES string of the molecule is COCCOC(=O)C1=C(C)N(C)C(=O)N[C@@H]1c1ccc(F)cc1F. The summed E-state index contributed by atoms with van der Waals surface area (Å²) < 4.78 is 37.2. The lowest BCUT2D eigenvalue weighted by Crippen LogP contribution is -2.46. The van der Waals surface area contributed by atoms with E-state index in [0.29, 0.717) is 11.8 Å². The van der Waals surface area contributed by atoms with E-state index in [1.54, 1.807) is 6.92 Å². The van der Waals surface area contributed by atoms with Crippen molar-refractivity contribution in [3.05, 3.63) is 46.7 Å². The van der Waals surface area contributed by atoms with Crippen LogP contribution in [0.5, 0.6) is 0 Å². The Hall–Kier alpha value is -2.48. The van der Waals surface area contributed by atoms with E-state index in [4.69, 9.17) is 9.47 Å². The van der Waals surface area contributed by atoms with Crippen LogP contribution < -0.4 is 5.32 Å². The Morgan fingerprint density at radius 2 is 2.04 bits per heavy atom. The number of hydrogen-bond donors (Lipinski definition) is 1. The van der Waals surface area contributed by atoms with E-state index in [1.165, 1.54) is 25.1 Å². The van der Waals surface area contributed by atoms with Crippen LogP contribution in [0.3, 0.4) is 0 Å². The molecule has 8 heteroatoms. The number of methoxy groups -OCH3 is 1. The number of allylic oxidation sites excluding steroid dienone is 1. The van der Waals surface area contributed by atoms with E-state index >= 15 is 0 Å². The molecule has 0 radical (unpaired) electrons. The van der Waals surface area contributed by atoms with Gasteiger partial charge in [-0.1, -0.05) is 6.07 Å². The summed E-state index contributed by atoms with van der Waals surface area (Å²) >= 11 is 0. The van der Waals surface area contributed by atoms with Crippen molar-refractivity contribution in [1.29, 1.82) is 0 Å².